The van der Waals surface area contributed by atoms with Crippen molar-refractivity contribution in [1.29, 1.82) is 0 Å². The quantitative estimate of drug-likeness (QED) is 0.647. The molecule has 29 heavy (non-hydrogen) atoms. The number of ether oxygens (including phenoxy) is 1. The fourth-order valence-electron chi connectivity index (χ4n) is 4.23. The van der Waals surface area contributed by atoms with Crippen molar-refractivity contribution in [2.24, 2.45) is 0 Å². The van der Waals surface area contributed by atoms with Crippen LogP contribution in [-0.2, 0) is 4.79 Å². The van der Waals surface area contributed by atoms with Crippen molar-refractivity contribution < 1.29 is 19.3 Å². The summed E-state index contributed by atoms with van der Waals surface area (Å²) in [5, 5.41) is 3.18. The number of aryl methyl sites for hydroxylation is 3. The second-order valence-electron chi connectivity index (χ2n) is 8.30. The van der Waals surface area contributed by atoms with Gasteiger partial charge in [-0.1, -0.05) is 35.9 Å². The zero-order chi connectivity index (χ0) is 20.8. The molecule has 1 aliphatic rings. The summed E-state index contributed by atoms with van der Waals surface area (Å²) in [4.78, 5) is 15.8. The van der Waals surface area contributed by atoms with Crippen molar-refractivity contribution in [2.75, 3.05) is 44.6 Å². The van der Waals surface area contributed by atoms with Gasteiger partial charge < -0.3 is 19.9 Å². The maximum absolute atomic E-state index is 12.9. The topological polar surface area (TPSA) is 47.2 Å². The molecule has 0 bridgehead atoms. The van der Waals surface area contributed by atoms with Crippen LogP contribution >= 0.6 is 0 Å². The summed E-state index contributed by atoms with van der Waals surface area (Å²) in [6.45, 7) is 14.2. The molecule has 3 rings (SSSR count). The van der Waals surface area contributed by atoms with E-state index in [9.17, 15) is 4.79 Å². The van der Waals surface area contributed by atoms with E-state index in [4.69, 9.17) is 4.74 Å². The summed E-state index contributed by atoms with van der Waals surface area (Å²) in [6.07, 6.45) is 0. The van der Waals surface area contributed by atoms with Gasteiger partial charge in [0.15, 0.2) is 6.04 Å². The Balaban J connectivity index is 1.44. The highest BCUT2D eigenvalue weighted by Crippen LogP contribution is 2.21. The first kappa shape index (κ1) is 21.3. The number of quaternary nitrogens is 2. The standard InChI is InChI=1S/C24H33N3O2/c1-18-16-19(2)23(20(3)17-18)25-24(28)21(4)27-12-10-26(11-13-27)14-15-29-22-8-6-5-7-9-22/h5-9,16-17,21H,10-15H2,1-4H3,(H,25,28)/p+2/t21-/m0/s1. The molecule has 1 fully saturated rings. The van der Waals surface area contributed by atoms with Crippen LogP contribution in [0.25, 0.3) is 0 Å². The molecule has 5 nitrogen and oxygen atoms in total. The minimum Gasteiger partial charge on any atom is -0.488 e. The number of amides is 1. The molecule has 3 N–H and O–H groups in total. The smallest absolute Gasteiger partial charge is 0.282 e. The second-order valence-corrected chi connectivity index (χ2v) is 8.30. The Morgan fingerprint density at radius 3 is 2.28 bits per heavy atom. The number of benzene rings is 2. The molecular formula is C24H35N3O2+2. The Kier molecular flexibility index (Phi) is 7.29. The minimum atomic E-state index is -0.0442. The summed E-state index contributed by atoms with van der Waals surface area (Å²) < 4.78 is 5.83. The van der Waals surface area contributed by atoms with E-state index in [0.29, 0.717) is 0 Å². The summed E-state index contributed by atoms with van der Waals surface area (Å²) in [5.74, 6) is 1.05. The number of carbonyl (C=O) groups is 1. The van der Waals surface area contributed by atoms with Crippen molar-refractivity contribution in [2.45, 2.75) is 33.7 Å². The van der Waals surface area contributed by atoms with Crippen LogP contribution in [0.1, 0.15) is 23.6 Å². The maximum atomic E-state index is 12.9. The number of para-hydroxylation sites is 1. The first-order valence-electron chi connectivity index (χ1n) is 10.7. The molecule has 0 aromatic heterocycles. The van der Waals surface area contributed by atoms with Crippen LogP contribution in [0.2, 0.25) is 0 Å². The third-order valence-electron chi connectivity index (χ3n) is 6.00. The van der Waals surface area contributed by atoms with Crippen molar-refractivity contribution in [3.05, 3.63) is 59.2 Å². The minimum absolute atomic E-state index is 0.0442. The molecule has 2 aromatic carbocycles. The molecule has 5 heteroatoms. The molecule has 1 amide bonds. The molecule has 0 spiro atoms. The van der Waals surface area contributed by atoms with Crippen molar-refractivity contribution in [1.82, 2.24) is 0 Å². The van der Waals surface area contributed by atoms with Crippen LogP contribution < -0.4 is 19.9 Å². The average Bonchev–Trinajstić information content (AvgIpc) is 2.71. The van der Waals surface area contributed by atoms with Crippen molar-refractivity contribution >= 4 is 11.6 Å². The zero-order valence-corrected chi connectivity index (χ0v) is 18.2. The molecule has 0 unspecified atom stereocenters. The largest absolute Gasteiger partial charge is 0.488 e. The maximum Gasteiger partial charge on any atom is 0.282 e. The van der Waals surface area contributed by atoms with Crippen LogP contribution in [0.15, 0.2) is 42.5 Å². The fraction of sp³-hybridized carbons (Fsp3) is 0.458. The lowest BCUT2D eigenvalue weighted by atomic mass is 10.0. The molecule has 0 saturated carbocycles. The number of anilines is 1. The Labute approximate surface area is 174 Å². The predicted octanol–water partition coefficient (Wildman–Crippen LogP) is 0.801. The number of carbonyl (C=O) groups excluding carboxylic acids is 1. The number of hydrogen-bond donors (Lipinski definition) is 3. The van der Waals surface area contributed by atoms with E-state index in [1.165, 1.54) is 10.5 Å². The molecule has 1 saturated heterocycles. The summed E-state index contributed by atoms with van der Waals surface area (Å²) >= 11 is 0. The molecule has 156 valence electrons. The lowest BCUT2D eigenvalue weighted by Gasteiger charge is -2.32. The number of nitrogens with one attached hydrogen (secondary N) is 3. The van der Waals surface area contributed by atoms with E-state index in [-0.39, 0.29) is 11.9 Å². The summed E-state index contributed by atoms with van der Waals surface area (Å²) in [6, 6.07) is 14.2. The van der Waals surface area contributed by atoms with Gasteiger partial charge in [-0.25, -0.2) is 0 Å². The van der Waals surface area contributed by atoms with Crippen LogP contribution in [0.5, 0.6) is 5.75 Å². The van der Waals surface area contributed by atoms with Crippen molar-refractivity contribution in [3.63, 3.8) is 0 Å². The molecule has 2 aromatic rings. The first-order chi connectivity index (χ1) is 13.9. The van der Waals surface area contributed by atoms with E-state index in [1.54, 1.807) is 4.90 Å². The summed E-state index contributed by atoms with van der Waals surface area (Å²) in [5.41, 5.74) is 4.46. The molecular weight excluding hydrogens is 362 g/mol. The SMILES string of the molecule is Cc1cc(C)c(NC(=O)[C@H](C)[NH+]2CC[NH+](CCOc3ccccc3)CC2)c(C)c1. The molecule has 1 aliphatic heterocycles. The van der Waals surface area contributed by atoms with Gasteiger partial charge in [0.1, 0.15) is 45.1 Å². The summed E-state index contributed by atoms with van der Waals surface area (Å²) in [7, 11) is 0. The number of rotatable bonds is 7. The molecule has 1 atom stereocenters. The third kappa shape index (κ3) is 5.81. The van der Waals surface area contributed by atoms with Gasteiger partial charge in [0.05, 0.1) is 0 Å². The highest BCUT2D eigenvalue weighted by atomic mass is 16.5. The lowest BCUT2D eigenvalue weighted by Crippen LogP contribution is -3.30. The van der Waals surface area contributed by atoms with Gasteiger partial charge in [0.2, 0.25) is 0 Å². The van der Waals surface area contributed by atoms with Gasteiger partial charge in [-0.3, -0.25) is 4.79 Å². The van der Waals surface area contributed by atoms with Crippen LogP contribution in [0.3, 0.4) is 0 Å². The van der Waals surface area contributed by atoms with Crippen LogP contribution in [0.4, 0.5) is 5.69 Å². The normalized spacial score (nSPS) is 20.1. The van der Waals surface area contributed by atoms with E-state index < -0.39 is 0 Å². The Bertz CT molecular complexity index is 791. The van der Waals surface area contributed by atoms with Gasteiger partial charge in [-0.2, -0.15) is 0 Å². The van der Waals surface area contributed by atoms with Crippen LogP contribution in [-0.4, -0.2) is 51.3 Å². The molecule has 0 aliphatic carbocycles. The van der Waals surface area contributed by atoms with E-state index in [1.807, 2.05) is 37.3 Å². The van der Waals surface area contributed by atoms with Gasteiger partial charge in [-0.05, 0) is 51.0 Å². The molecule has 0 radical (unpaired) electrons. The van der Waals surface area contributed by atoms with Gasteiger partial charge in [0.25, 0.3) is 5.91 Å². The third-order valence-corrected chi connectivity index (χ3v) is 6.00. The van der Waals surface area contributed by atoms with E-state index in [2.05, 4.69) is 38.2 Å². The second kappa shape index (κ2) is 9.90. The van der Waals surface area contributed by atoms with E-state index >= 15 is 0 Å². The predicted molar refractivity (Wildman–Crippen MR) is 117 cm³/mol. The Morgan fingerprint density at radius 1 is 1.03 bits per heavy atom. The fourth-order valence-corrected chi connectivity index (χ4v) is 4.23. The van der Waals surface area contributed by atoms with Gasteiger partial charge >= 0.3 is 0 Å². The number of hydrogen-bond acceptors (Lipinski definition) is 2. The first-order valence-corrected chi connectivity index (χ1v) is 10.7. The highest BCUT2D eigenvalue weighted by Gasteiger charge is 2.31. The monoisotopic (exact) mass is 397 g/mol. The van der Waals surface area contributed by atoms with Gasteiger partial charge in [-0.15, -0.1) is 0 Å². The zero-order valence-electron chi connectivity index (χ0n) is 18.2. The van der Waals surface area contributed by atoms with E-state index in [0.717, 1.165) is 61.9 Å². The van der Waals surface area contributed by atoms with Crippen LogP contribution in [0, 0.1) is 20.8 Å². The highest BCUT2D eigenvalue weighted by molar-refractivity contribution is 5.95. The Morgan fingerprint density at radius 2 is 1.66 bits per heavy atom. The average molecular weight is 398 g/mol. The molecule has 1 heterocycles. The number of piperazine rings is 1. The van der Waals surface area contributed by atoms with Gasteiger partial charge in [0, 0.05) is 5.69 Å². The lowest BCUT2D eigenvalue weighted by molar-refractivity contribution is -1.02. The van der Waals surface area contributed by atoms with Crippen molar-refractivity contribution in [3.8, 4) is 5.75 Å². The Hall–Kier alpha value is -2.37.